The molecule has 20 heavy (non-hydrogen) atoms. The average molecular weight is 300 g/mol. The number of rotatable bonds is 5. The predicted molar refractivity (Wildman–Crippen MR) is 68.0 cm³/mol. The van der Waals surface area contributed by atoms with Gasteiger partial charge >= 0.3 is 0 Å². The van der Waals surface area contributed by atoms with E-state index >= 15 is 0 Å². The van der Waals surface area contributed by atoms with Gasteiger partial charge in [-0.25, -0.2) is 17.8 Å². The van der Waals surface area contributed by atoms with Crippen molar-refractivity contribution in [3.63, 3.8) is 0 Å². The SMILES string of the molecule is COc1ccc(S(=O)(=O)N(C)Cc2ncn[nH]2)cc1F. The van der Waals surface area contributed by atoms with Crippen LogP contribution in [0.4, 0.5) is 4.39 Å². The lowest BCUT2D eigenvalue weighted by atomic mass is 10.3. The Morgan fingerprint density at radius 2 is 2.20 bits per heavy atom. The summed E-state index contributed by atoms with van der Waals surface area (Å²) in [6, 6.07) is 3.48. The smallest absolute Gasteiger partial charge is 0.243 e. The first kappa shape index (κ1) is 14.4. The largest absolute Gasteiger partial charge is 0.494 e. The van der Waals surface area contributed by atoms with Crippen molar-refractivity contribution < 1.29 is 17.5 Å². The van der Waals surface area contributed by atoms with Crippen LogP contribution in [-0.4, -0.2) is 42.1 Å². The van der Waals surface area contributed by atoms with Crippen LogP contribution in [0.2, 0.25) is 0 Å². The summed E-state index contributed by atoms with van der Waals surface area (Å²) < 4.78 is 43.9. The van der Waals surface area contributed by atoms with Gasteiger partial charge < -0.3 is 4.74 Å². The van der Waals surface area contributed by atoms with Crippen LogP contribution in [0.3, 0.4) is 0 Å². The lowest BCUT2D eigenvalue weighted by Crippen LogP contribution is -2.27. The number of nitrogens with one attached hydrogen (secondary N) is 1. The number of aromatic nitrogens is 3. The molecule has 1 aromatic carbocycles. The third-order valence-electron chi connectivity index (χ3n) is 2.67. The molecule has 1 heterocycles. The average Bonchev–Trinajstić information content (AvgIpc) is 2.91. The molecule has 0 aliphatic rings. The number of ether oxygens (including phenoxy) is 1. The van der Waals surface area contributed by atoms with Crippen molar-refractivity contribution in [3.8, 4) is 5.75 Å². The van der Waals surface area contributed by atoms with Crippen LogP contribution in [0.25, 0.3) is 0 Å². The Hall–Kier alpha value is -2.00. The van der Waals surface area contributed by atoms with Crippen molar-refractivity contribution in [1.82, 2.24) is 19.5 Å². The van der Waals surface area contributed by atoms with Crippen molar-refractivity contribution in [2.75, 3.05) is 14.2 Å². The van der Waals surface area contributed by atoms with E-state index in [9.17, 15) is 12.8 Å². The maximum atomic E-state index is 13.6. The molecule has 0 bridgehead atoms. The molecule has 0 amide bonds. The maximum absolute atomic E-state index is 13.6. The van der Waals surface area contributed by atoms with Crippen LogP contribution in [0, 0.1) is 5.82 Å². The van der Waals surface area contributed by atoms with Gasteiger partial charge in [-0.1, -0.05) is 0 Å². The predicted octanol–water partition coefficient (Wildman–Crippen LogP) is 0.773. The van der Waals surface area contributed by atoms with Crippen molar-refractivity contribution in [2.45, 2.75) is 11.4 Å². The van der Waals surface area contributed by atoms with Gasteiger partial charge in [0.15, 0.2) is 11.6 Å². The Morgan fingerprint density at radius 1 is 1.45 bits per heavy atom. The molecule has 108 valence electrons. The Kier molecular flexibility index (Phi) is 4.00. The molecule has 0 aliphatic heterocycles. The molecule has 0 atom stereocenters. The van der Waals surface area contributed by atoms with E-state index in [1.807, 2.05) is 0 Å². The number of halogens is 1. The highest BCUT2D eigenvalue weighted by Gasteiger charge is 2.23. The molecule has 0 saturated heterocycles. The fourth-order valence-corrected chi connectivity index (χ4v) is 2.73. The summed E-state index contributed by atoms with van der Waals surface area (Å²) in [6.45, 7) is 0.00990. The number of methoxy groups -OCH3 is 1. The van der Waals surface area contributed by atoms with E-state index in [0.717, 1.165) is 10.4 Å². The number of hydrogen-bond acceptors (Lipinski definition) is 5. The second kappa shape index (κ2) is 5.55. The van der Waals surface area contributed by atoms with E-state index in [0.29, 0.717) is 5.82 Å². The molecule has 0 saturated carbocycles. The Bertz CT molecular complexity index is 688. The standard InChI is InChI=1S/C11H13FN4O3S/c1-16(6-11-13-7-14-15-11)20(17,18)8-3-4-10(19-2)9(12)5-8/h3-5,7H,6H2,1-2H3,(H,13,14,15). The fraction of sp³-hybridized carbons (Fsp3) is 0.273. The molecule has 1 aromatic heterocycles. The number of benzene rings is 1. The summed E-state index contributed by atoms with van der Waals surface area (Å²) in [5, 5.41) is 6.19. The summed E-state index contributed by atoms with van der Waals surface area (Å²) in [4.78, 5) is 3.69. The second-order valence-electron chi connectivity index (χ2n) is 3.99. The Morgan fingerprint density at radius 3 is 2.75 bits per heavy atom. The van der Waals surface area contributed by atoms with Gasteiger partial charge in [0.2, 0.25) is 10.0 Å². The first-order valence-electron chi connectivity index (χ1n) is 5.59. The molecule has 0 unspecified atom stereocenters. The van der Waals surface area contributed by atoms with E-state index < -0.39 is 15.8 Å². The van der Waals surface area contributed by atoms with E-state index in [1.165, 1.54) is 32.6 Å². The molecular weight excluding hydrogens is 287 g/mol. The number of H-pyrrole nitrogens is 1. The van der Waals surface area contributed by atoms with E-state index in [4.69, 9.17) is 4.74 Å². The van der Waals surface area contributed by atoms with E-state index in [1.54, 1.807) is 0 Å². The molecule has 2 rings (SSSR count). The van der Waals surface area contributed by atoms with Crippen LogP contribution < -0.4 is 4.74 Å². The number of nitrogens with zero attached hydrogens (tertiary/aromatic N) is 3. The summed E-state index contributed by atoms with van der Waals surface area (Å²) in [5.41, 5.74) is 0. The highest BCUT2D eigenvalue weighted by molar-refractivity contribution is 7.89. The molecule has 0 fully saturated rings. The minimum atomic E-state index is -3.81. The van der Waals surface area contributed by atoms with Crippen LogP contribution >= 0.6 is 0 Å². The minimum Gasteiger partial charge on any atom is -0.494 e. The highest BCUT2D eigenvalue weighted by Crippen LogP contribution is 2.22. The molecule has 0 spiro atoms. The maximum Gasteiger partial charge on any atom is 0.243 e. The fourth-order valence-electron chi connectivity index (χ4n) is 1.59. The van der Waals surface area contributed by atoms with Crippen LogP contribution in [0.15, 0.2) is 29.4 Å². The van der Waals surface area contributed by atoms with Gasteiger partial charge in [-0.05, 0) is 18.2 Å². The molecular formula is C11H13FN4O3S. The monoisotopic (exact) mass is 300 g/mol. The third kappa shape index (κ3) is 2.78. The normalized spacial score (nSPS) is 11.8. The van der Waals surface area contributed by atoms with Crippen LogP contribution in [0.5, 0.6) is 5.75 Å². The molecule has 1 N–H and O–H groups in total. The van der Waals surface area contributed by atoms with Crippen molar-refractivity contribution in [1.29, 1.82) is 0 Å². The molecule has 2 aromatic rings. The van der Waals surface area contributed by atoms with Gasteiger partial charge in [0, 0.05) is 7.05 Å². The third-order valence-corrected chi connectivity index (χ3v) is 4.47. The van der Waals surface area contributed by atoms with Crippen molar-refractivity contribution >= 4 is 10.0 Å². The van der Waals surface area contributed by atoms with Gasteiger partial charge in [-0.3, -0.25) is 5.10 Å². The molecule has 7 nitrogen and oxygen atoms in total. The summed E-state index contributed by atoms with van der Waals surface area (Å²) >= 11 is 0. The van der Waals surface area contributed by atoms with Crippen LogP contribution in [0.1, 0.15) is 5.82 Å². The van der Waals surface area contributed by atoms with Gasteiger partial charge in [-0.15, -0.1) is 0 Å². The summed E-state index contributed by atoms with van der Waals surface area (Å²) in [7, 11) is -1.13. The van der Waals surface area contributed by atoms with Gasteiger partial charge in [-0.2, -0.15) is 9.40 Å². The van der Waals surface area contributed by atoms with Gasteiger partial charge in [0.05, 0.1) is 18.6 Å². The van der Waals surface area contributed by atoms with E-state index in [-0.39, 0.29) is 17.2 Å². The van der Waals surface area contributed by atoms with Crippen molar-refractivity contribution in [2.24, 2.45) is 0 Å². The molecule has 0 aliphatic carbocycles. The Balaban J connectivity index is 2.27. The molecule has 9 heteroatoms. The zero-order chi connectivity index (χ0) is 14.8. The lowest BCUT2D eigenvalue weighted by molar-refractivity contribution is 0.385. The minimum absolute atomic E-state index is 0.00990. The van der Waals surface area contributed by atoms with Gasteiger partial charge in [0.1, 0.15) is 12.2 Å². The van der Waals surface area contributed by atoms with Crippen molar-refractivity contribution in [3.05, 3.63) is 36.2 Å². The zero-order valence-electron chi connectivity index (χ0n) is 10.9. The lowest BCUT2D eigenvalue weighted by Gasteiger charge is -2.16. The number of sulfonamides is 1. The summed E-state index contributed by atoms with van der Waals surface area (Å²) in [6.07, 6.45) is 1.28. The highest BCUT2D eigenvalue weighted by atomic mass is 32.2. The quantitative estimate of drug-likeness (QED) is 0.881. The number of hydrogen-bond donors (Lipinski definition) is 1. The van der Waals surface area contributed by atoms with E-state index in [2.05, 4.69) is 15.2 Å². The second-order valence-corrected chi connectivity index (χ2v) is 6.03. The zero-order valence-corrected chi connectivity index (χ0v) is 11.7. The number of aromatic amines is 1. The Labute approximate surface area is 115 Å². The first-order valence-corrected chi connectivity index (χ1v) is 7.03. The first-order chi connectivity index (χ1) is 9.45. The van der Waals surface area contributed by atoms with Gasteiger partial charge in [0.25, 0.3) is 0 Å². The molecule has 0 radical (unpaired) electrons. The van der Waals surface area contributed by atoms with Crippen LogP contribution in [-0.2, 0) is 16.6 Å². The summed E-state index contributed by atoms with van der Waals surface area (Å²) in [5.74, 6) is -0.353. The topological polar surface area (TPSA) is 88.2 Å².